The fourth-order valence-corrected chi connectivity index (χ4v) is 2.04. The molecule has 2 aromatic rings. The first-order chi connectivity index (χ1) is 9.22. The Kier molecular flexibility index (Phi) is 2.91. The molecule has 0 amide bonds. The van der Waals surface area contributed by atoms with Gasteiger partial charge in [-0.1, -0.05) is 23.4 Å². The molecular weight excluding hydrogens is 248 g/mol. The number of benzene rings is 1. The molecule has 0 fully saturated rings. The third-order valence-corrected chi connectivity index (χ3v) is 2.97. The Balaban J connectivity index is 1.70. The van der Waals surface area contributed by atoms with E-state index in [4.69, 9.17) is 14.4 Å². The van der Waals surface area contributed by atoms with Gasteiger partial charge < -0.3 is 14.4 Å². The van der Waals surface area contributed by atoms with Crippen molar-refractivity contribution in [2.24, 2.45) is 0 Å². The fraction of sp³-hybridized carbons (Fsp3) is 0.308. The Morgan fingerprint density at radius 3 is 3.05 bits per heavy atom. The van der Waals surface area contributed by atoms with E-state index in [1.807, 2.05) is 24.3 Å². The molecule has 3 rings (SSSR count). The highest BCUT2D eigenvalue weighted by Crippen LogP contribution is 2.35. The molecule has 0 spiro atoms. The van der Waals surface area contributed by atoms with Crippen molar-refractivity contribution < 1.29 is 19.2 Å². The second-order valence-electron chi connectivity index (χ2n) is 4.36. The molecular formula is C13H12N2O4. The van der Waals surface area contributed by atoms with Crippen molar-refractivity contribution in [3.05, 3.63) is 41.5 Å². The topological polar surface area (TPSA) is 85.5 Å². The van der Waals surface area contributed by atoms with Crippen molar-refractivity contribution in [3.8, 4) is 5.75 Å². The van der Waals surface area contributed by atoms with Gasteiger partial charge in [0.05, 0.1) is 6.42 Å². The maximum atomic E-state index is 10.5. The number of aliphatic carboxylic acids is 1. The zero-order valence-electron chi connectivity index (χ0n) is 10.1. The lowest BCUT2D eigenvalue weighted by Gasteiger charge is -2.04. The van der Waals surface area contributed by atoms with Crippen molar-refractivity contribution >= 4 is 5.97 Å². The number of fused-ring (bicyclic) bond motifs is 1. The Bertz CT molecular complexity index is 583. The highest BCUT2D eigenvalue weighted by molar-refractivity contribution is 5.66. The number of aromatic nitrogens is 2. The molecule has 0 saturated heterocycles. The van der Waals surface area contributed by atoms with E-state index in [0.717, 1.165) is 11.3 Å². The van der Waals surface area contributed by atoms with E-state index in [9.17, 15) is 4.79 Å². The highest BCUT2D eigenvalue weighted by atomic mass is 16.5. The summed E-state index contributed by atoms with van der Waals surface area (Å²) >= 11 is 0. The van der Waals surface area contributed by atoms with E-state index in [1.54, 1.807) is 0 Å². The maximum Gasteiger partial charge on any atom is 0.303 e. The summed E-state index contributed by atoms with van der Waals surface area (Å²) in [6, 6.07) is 7.77. The lowest BCUT2D eigenvalue weighted by Crippen LogP contribution is -2.05. The van der Waals surface area contributed by atoms with Crippen molar-refractivity contribution in [1.82, 2.24) is 10.1 Å². The van der Waals surface area contributed by atoms with Crippen LogP contribution in [-0.4, -0.2) is 21.2 Å². The second-order valence-corrected chi connectivity index (χ2v) is 4.36. The molecule has 1 aromatic carbocycles. The van der Waals surface area contributed by atoms with Gasteiger partial charge in [0.2, 0.25) is 11.7 Å². The summed E-state index contributed by atoms with van der Waals surface area (Å²) in [4.78, 5) is 14.7. The minimum atomic E-state index is -0.885. The lowest BCUT2D eigenvalue weighted by molar-refractivity contribution is -0.137. The Morgan fingerprint density at radius 2 is 2.26 bits per heavy atom. The number of carboxylic acid groups (broad SMARTS) is 1. The van der Waals surface area contributed by atoms with Crippen LogP contribution in [-0.2, 0) is 17.6 Å². The average Bonchev–Trinajstić information content (AvgIpc) is 3.02. The molecule has 1 aromatic heterocycles. The molecule has 0 aliphatic carbocycles. The van der Waals surface area contributed by atoms with Gasteiger partial charge in [0, 0.05) is 12.8 Å². The zero-order chi connectivity index (χ0) is 13.2. The third kappa shape index (κ3) is 2.42. The number of ether oxygens (including phenoxy) is 1. The average molecular weight is 260 g/mol. The number of carboxylic acids is 1. The van der Waals surface area contributed by atoms with E-state index in [0.29, 0.717) is 18.1 Å². The largest absolute Gasteiger partial charge is 0.482 e. The molecule has 1 aliphatic heterocycles. The fourth-order valence-electron chi connectivity index (χ4n) is 2.04. The summed E-state index contributed by atoms with van der Waals surface area (Å²) in [7, 11) is 0. The van der Waals surface area contributed by atoms with E-state index >= 15 is 0 Å². The SMILES string of the molecule is O=C(O)CCc1nc(C2Cc3ccccc3O2)no1. The van der Waals surface area contributed by atoms with Crippen LogP contribution in [0.25, 0.3) is 0 Å². The predicted octanol–water partition coefficient (Wildman–Crippen LogP) is 1.76. The molecule has 0 bridgehead atoms. The molecule has 6 heteroatoms. The molecule has 0 saturated carbocycles. The van der Waals surface area contributed by atoms with Crippen LogP contribution in [0.4, 0.5) is 0 Å². The van der Waals surface area contributed by atoms with Crippen LogP contribution in [0.3, 0.4) is 0 Å². The lowest BCUT2D eigenvalue weighted by atomic mass is 10.1. The van der Waals surface area contributed by atoms with Gasteiger partial charge in [-0.2, -0.15) is 4.98 Å². The molecule has 1 atom stereocenters. The zero-order valence-corrected chi connectivity index (χ0v) is 10.1. The van der Waals surface area contributed by atoms with Crippen LogP contribution in [0.1, 0.15) is 29.8 Å². The molecule has 1 aliphatic rings. The van der Waals surface area contributed by atoms with Crippen LogP contribution < -0.4 is 4.74 Å². The standard InChI is InChI=1S/C13H12N2O4/c16-12(17)6-5-11-14-13(15-19-11)10-7-8-3-1-2-4-9(8)18-10/h1-4,10H,5-7H2,(H,16,17). The first-order valence-electron chi connectivity index (χ1n) is 6.01. The van der Waals surface area contributed by atoms with E-state index in [2.05, 4.69) is 10.1 Å². The highest BCUT2D eigenvalue weighted by Gasteiger charge is 2.28. The van der Waals surface area contributed by atoms with Gasteiger partial charge in [0.25, 0.3) is 0 Å². The van der Waals surface area contributed by atoms with Crippen molar-refractivity contribution in [3.63, 3.8) is 0 Å². The van der Waals surface area contributed by atoms with E-state index in [1.165, 1.54) is 0 Å². The normalized spacial score (nSPS) is 16.9. The maximum absolute atomic E-state index is 10.5. The molecule has 0 radical (unpaired) electrons. The quantitative estimate of drug-likeness (QED) is 0.901. The first-order valence-corrected chi connectivity index (χ1v) is 6.01. The summed E-state index contributed by atoms with van der Waals surface area (Å²) in [6.45, 7) is 0. The van der Waals surface area contributed by atoms with Gasteiger partial charge in [-0.25, -0.2) is 0 Å². The first kappa shape index (κ1) is 11.7. The Hall–Kier alpha value is -2.37. The summed E-state index contributed by atoms with van der Waals surface area (Å²) in [6.07, 6.45) is 0.670. The third-order valence-electron chi connectivity index (χ3n) is 2.97. The number of para-hydroxylation sites is 1. The van der Waals surface area contributed by atoms with Gasteiger partial charge in [-0.05, 0) is 11.6 Å². The molecule has 6 nitrogen and oxygen atoms in total. The number of rotatable bonds is 4. The minimum absolute atomic E-state index is 0.0205. The van der Waals surface area contributed by atoms with Gasteiger partial charge in [-0.3, -0.25) is 4.79 Å². The summed E-state index contributed by atoms with van der Waals surface area (Å²) in [5.74, 6) is 0.752. The van der Waals surface area contributed by atoms with Crippen LogP contribution in [0.15, 0.2) is 28.8 Å². The summed E-state index contributed by atoms with van der Waals surface area (Å²) in [5, 5.41) is 12.5. The number of nitrogens with zero attached hydrogens (tertiary/aromatic N) is 2. The number of hydrogen-bond donors (Lipinski definition) is 1. The predicted molar refractivity (Wildman–Crippen MR) is 63.8 cm³/mol. The van der Waals surface area contributed by atoms with Gasteiger partial charge >= 0.3 is 5.97 Å². The molecule has 19 heavy (non-hydrogen) atoms. The van der Waals surface area contributed by atoms with E-state index in [-0.39, 0.29) is 18.9 Å². The molecule has 1 N–H and O–H groups in total. The smallest absolute Gasteiger partial charge is 0.303 e. The van der Waals surface area contributed by atoms with Crippen molar-refractivity contribution in [2.75, 3.05) is 0 Å². The Labute approximate surface area is 109 Å². The number of aryl methyl sites for hydroxylation is 1. The van der Waals surface area contributed by atoms with Gasteiger partial charge in [-0.15, -0.1) is 0 Å². The van der Waals surface area contributed by atoms with Gasteiger partial charge in [0.15, 0.2) is 6.10 Å². The Morgan fingerprint density at radius 1 is 1.42 bits per heavy atom. The summed E-state index contributed by atoms with van der Waals surface area (Å²) in [5.41, 5.74) is 1.12. The molecule has 1 unspecified atom stereocenters. The number of carbonyl (C=O) groups is 1. The van der Waals surface area contributed by atoms with Crippen LogP contribution >= 0.6 is 0 Å². The second kappa shape index (κ2) is 4.72. The van der Waals surface area contributed by atoms with Crippen molar-refractivity contribution in [2.45, 2.75) is 25.4 Å². The van der Waals surface area contributed by atoms with Crippen LogP contribution in [0.5, 0.6) is 5.75 Å². The number of hydrogen-bond acceptors (Lipinski definition) is 5. The van der Waals surface area contributed by atoms with E-state index < -0.39 is 5.97 Å². The van der Waals surface area contributed by atoms with Crippen LogP contribution in [0, 0.1) is 0 Å². The minimum Gasteiger partial charge on any atom is -0.482 e. The molecule has 2 heterocycles. The van der Waals surface area contributed by atoms with Crippen LogP contribution in [0.2, 0.25) is 0 Å². The monoisotopic (exact) mass is 260 g/mol. The van der Waals surface area contributed by atoms with Gasteiger partial charge in [0.1, 0.15) is 5.75 Å². The molecule has 98 valence electrons. The summed E-state index contributed by atoms with van der Waals surface area (Å²) < 4.78 is 10.8. The van der Waals surface area contributed by atoms with Crippen molar-refractivity contribution in [1.29, 1.82) is 0 Å².